The fourth-order valence-electron chi connectivity index (χ4n) is 2.60. The molecule has 0 spiro atoms. The van der Waals surface area contributed by atoms with Crippen molar-refractivity contribution in [2.24, 2.45) is 0 Å². The number of aromatic nitrogens is 2. The molecule has 5 heteroatoms. The van der Waals surface area contributed by atoms with Crippen molar-refractivity contribution in [2.45, 2.75) is 31.7 Å². The molecule has 100 valence electrons. The lowest BCUT2D eigenvalue weighted by Crippen LogP contribution is -2.08. The van der Waals surface area contributed by atoms with Crippen LogP contribution >= 0.6 is 27.5 Å². The molecule has 0 bridgehead atoms. The number of hydrogen-bond acceptors (Lipinski definition) is 2. The van der Waals surface area contributed by atoms with Gasteiger partial charge in [0.05, 0.1) is 10.7 Å². The molecule has 0 aliphatic heterocycles. The zero-order chi connectivity index (χ0) is 13.2. The molecule has 2 aromatic rings. The number of hydrogen-bond donors (Lipinski definition) is 1. The first-order chi connectivity index (χ1) is 9.24. The van der Waals surface area contributed by atoms with E-state index < -0.39 is 0 Å². The first-order valence-electron chi connectivity index (χ1n) is 6.49. The Balaban J connectivity index is 1.85. The summed E-state index contributed by atoms with van der Waals surface area (Å²) in [6, 6.07) is 6.38. The van der Waals surface area contributed by atoms with Crippen LogP contribution in [0.2, 0.25) is 5.02 Å². The third kappa shape index (κ3) is 2.79. The lowest BCUT2D eigenvalue weighted by molar-refractivity contribution is 0.525. The number of nitrogens with zero attached hydrogens (tertiary/aromatic N) is 2. The van der Waals surface area contributed by atoms with Crippen LogP contribution in [0.15, 0.2) is 35.1 Å². The first kappa shape index (κ1) is 13.0. The molecule has 1 aromatic carbocycles. The third-order valence-corrected chi connectivity index (χ3v) is 4.37. The molecule has 0 unspecified atom stereocenters. The minimum atomic E-state index is 0.569. The van der Waals surface area contributed by atoms with Crippen LogP contribution in [0.3, 0.4) is 0 Å². The zero-order valence-corrected chi connectivity index (χ0v) is 12.8. The molecule has 0 radical (unpaired) electrons. The molecule has 19 heavy (non-hydrogen) atoms. The number of benzene rings is 1. The molecule has 1 N–H and O–H groups in total. The normalized spacial score (nSPS) is 15.9. The van der Waals surface area contributed by atoms with Gasteiger partial charge in [0.25, 0.3) is 0 Å². The smallest absolute Gasteiger partial charge is 0.207 e. The van der Waals surface area contributed by atoms with E-state index in [0.717, 1.165) is 16.1 Å². The highest BCUT2D eigenvalue weighted by Crippen LogP contribution is 2.33. The summed E-state index contributed by atoms with van der Waals surface area (Å²) in [6.45, 7) is 0. The molecule has 1 aliphatic carbocycles. The quantitative estimate of drug-likeness (QED) is 0.836. The van der Waals surface area contributed by atoms with Crippen molar-refractivity contribution in [3.63, 3.8) is 0 Å². The van der Waals surface area contributed by atoms with Crippen molar-refractivity contribution >= 4 is 39.2 Å². The van der Waals surface area contributed by atoms with E-state index in [1.165, 1.54) is 25.7 Å². The zero-order valence-electron chi connectivity index (χ0n) is 10.4. The Labute approximate surface area is 126 Å². The summed E-state index contributed by atoms with van der Waals surface area (Å²) >= 11 is 9.64. The number of anilines is 2. The Hall–Kier alpha value is -1.00. The second-order valence-electron chi connectivity index (χ2n) is 4.85. The molecule has 1 aromatic heterocycles. The second kappa shape index (κ2) is 5.55. The maximum atomic E-state index is 6.23. The van der Waals surface area contributed by atoms with Crippen molar-refractivity contribution in [1.82, 2.24) is 9.55 Å². The van der Waals surface area contributed by atoms with Gasteiger partial charge >= 0.3 is 0 Å². The molecule has 3 nitrogen and oxygen atoms in total. The maximum absolute atomic E-state index is 6.23. The monoisotopic (exact) mass is 339 g/mol. The summed E-state index contributed by atoms with van der Waals surface area (Å²) < 4.78 is 3.20. The number of imidazole rings is 1. The van der Waals surface area contributed by atoms with E-state index in [4.69, 9.17) is 11.6 Å². The van der Waals surface area contributed by atoms with Gasteiger partial charge in [-0.1, -0.05) is 40.4 Å². The van der Waals surface area contributed by atoms with Gasteiger partial charge in [-0.05, 0) is 31.0 Å². The SMILES string of the molecule is Clc1cc(Br)ccc1Nc1nccn1C1CCCC1. The Bertz CT molecular complexity index is 576. The average Bonchev–Trinajstić information content (AvgIpc) is 3.03. The van der Waals surface area contributed by atoms with Gasteiger partial charge in [0.15, 0.2) is 0 Å². The average molecular weight is 341 g/mol. The van der Waals surface area contributed by atoms with Crippen LogP contribution < -0.4 is 5.32 Å². The highest BCUT2D eigenvalue weighted by molar-refractivity contribution is 9.10. The second-order valence-corrected chi connectivity index (χ2v) is 6.17. The number of nitrogens with one attached hydrogen (secondary N) is 1. The highest BCUT2D eigenvalue weighted by atomic mass is 79.9. The Morgan fingerprint density at radius 1 is 1.32 bits per heavy atom. The summed E-state index contributed by atoms with van der Waals surface area (Å²) in [5.41, 5.74) is 0.885. The molecule has 1 heterocycles. The van der Waals surface area contributed by atoms with Crippen LogP contribution in [0.4, 0.5) is 11.6 Å². The van der Waals surface area contributed by atoms with Gasteiger partial charge in [-0.2, -0.15) is 0 Å². The van der Waals surface area contributed by atoms with Crippen LogP contribution in [0.25, 0.3) is 0 Å². The van der Waals surface area contributed by atoms with Crippen LogP contribution in [0, 0.1) is 0 Å². The third-order valence-electron chi connectivity index (χ3n) is 3.56. The largest absolute Gasteiger partial charge is 0.324 e. The summed E-state index contributed by atoms with van der Waals surface area (Å²) in [5.74, 6) is 0.871. The maximum Gasteiger partial charge on any atom is 0.207 e. The minimum absolute atomic E-state index is 0.569. The van der Waals surface area contributed by atoms with Crippen molar-refractivity contribution in [2.75, 3.05) is 5.32 Å². The van der Waals surface area contributed by atoms with Crippen LogP contribution in [0.1, 0.15) is 31.7 Å². The standard InChI is InChI=1S/C14H15BrClN3/c15-10-5-6-13(12(16)9-10)18-14-17-7-8-19(14)11-3-1-2-4-11/h5-9,11H,1-4H2,(H,17,18). The first-order valence-corrected chi connectivity index (χ1v) is 7.66. The van der Waals surface area contributed by atoms with Gasteiger partial charge in [-0.15, -0.1) is 0 Å². The lowest BCUT2D eigenvalue weighted by Gasteiger charge is -2.16. The lowest BCUT2D eigenvalue weighted by atomic mass is 10.2. The molecular formula is C14H15BrClN3. The van der Waals surface area contributed by atoms with E-state index >= 15 is 0 Å². The van der Waals surface area contributed by atoms with Gasteiger partial charge in [0.1, 0.15) is 0 Å². The predicted molar refractivity (Wildman–Crippen MR) is 82.2 cm³/mol. The van der Waals surface area contributed by atoms with E-state index in [1.54, 1.807) is 0 Å². The molecule has 1 saturated carbocycles. The fourth-order valence-corrected chi connectivity index (χ4v) is 3.32. The van der Waals surface area contributed by atoms with E-state index in [0.29, 0.717) is 11.1 Å². The number of halogens is 2. The van der Waals surface area contributed by atoms with Crippen LogP contribution in [-0.2, 0) is 0 Å². The van der Waals surface area contributed by atoms with E-state index in [-0.39, 0.29) is 0 Å². The van der Waals surface area contributed by atoms with Crippen LogP contribution in [0.5, 0.6) is 0 Å². The Morgan fingerprint density at radius 3 is 2.84 bits per heavy atom. The summed E-state index contributed by atoms with van der Waals surface area (Å²) in [7, 11) is 0. The number of rotatable bonds is 3. The summed E-state index contributed by atoms with van der Waals surface area (Å²) in [6.07, 6.45) is 8.97. The molecule has 1 fully saturated rings. The Kier molecular flexibility index (Phi) is 3.80. The van der Waals surface area contributed by atoms with Gasteiger partial charge in [0.2, 0.25) is 5.95 Å². The molecular weight excluding hydrogens is 326 g/mol. The van der Waals surface area contributed by atoms with E-state index in [9.17, 15) is 0 Å². The highest BCUT2D eigenvalue weighted by Gasteiger charge is 2.19. The predicted octanol–water partition coefficient (Wildman–Crippen LogP) is 5.16. The van der Waals surface area contributed by atoms with Gasteiger partial charge in [0, 0.05) is 22.9 Å². The van der Waals surface area contributed by atoms with Crippen molar-refractivity contribution in [1.29, 1.82) is 0 Å². The minimum Gasteiger partial charge on any atom is -0.324 e. The molecule has 0 saturated heterocycles. The van der Waals surface area contributed by atoms with E-state index in [2.05, 4.69) is 30.8 Å². The fraction of sp³-hybridized carbons (Fsp3) is 0.357. The van der Waals surface area contributed by atoms with Gasteiger partial charge < -0.3 is 9.88 Å². The Morgan fingerprint density at radius 2 is 2.11 bits per heavy atom. The van der Waals surface area contributed by atoms with Gasteiger partial charge in [-0.3, -0.25) is 0 Å². The summed E-state index contributed by atoms with van der Waals surface area (Å²) in [4.78, 5) is 4.40. The molecule has 0 atom stereocenters. The van der Waals surface area contributed by atoms with Gasteiger partial charge in [-0.25, -0.2) is 4.98 Å². The van der Waals surface area contributed by atoms with Crippen molar-refractivity contribution in [3.05, 3.63) is 40.1 Å². The topological polar surface area (TPSA) is 29.9 Å². The molecule has 1 aliphatic rings. The van der Waals surface area contributed by atoms with Crippen molar-refractivity contribution in [3.8, 4) is 0 Å². The molecule has 3 rings (SSSR count). The summed E-state index contributed by atoms with van der Waals surface area (Å²) in [5, 5.41) is 4.01. The molecule has 0 amide bonds. The van der Waals surface area contributed by atoms with Crippen molar-refractivity contribution < 1.29 is 0 Å². The van der Waals surface area contributed by atoms with E-state index in [1.807, 2.05) is 30.6 Å². The van der Waals surface area contributed by atoms with Crippen LogP contribution in [-0.4, -0.2) is 9.55 Å².